The number of fused-ring (bicyclic) bond motifs is 1. The number of amides is 2. The first-order chi connectivity index (χ1) is 13.9. The molecule has 1 aromatic carbocycles. The molecular formula is C20H22BrN3O3S2. The minimum atomic E-state index is -0.479. The Kier molecular flexibility index (Phi) is 7.26. The quantitative estimate of drug-likeness (QED) is 0.516. The van der Waals surface area contributed by atoms with Gasteiger partial charge in [0, 0.05) is 10.4 Å². The van der Waals surface area contributed by atoms with Crippen LogP contribution in [-0.2, 0) is 12.8 Å². The minimum Gasteiger partial charge on any atom is -0.492 e. The predicted molar refractivity (Wildman–Crippen MR) is 123 cm³/mol. The van der Waals surface area contributed by atoms with Crippen molar-refractivity contribution in [3.63, 3.8) is 0 Å². The first-order valence-corrected chi connectivity index (χ1v) is 11.4. The lowest BCUT2D eigenvalue weighted by Crippen LogP contribution is -2.34. The molecule has 0 spiro atoms. The number of nitrogens with two attached hydrogens (primary N) is 1. The first-order valence-electron chi connectivity index (χ1n) is 9.39. The van der Waals surface area contributed by atoms with Gasteiger partial charge in [0.05, 0.1) is 16.6 Å². The van der Waals surface area contributed by atoms with Crippen molar-refractivity contribution in [3.8, 4) is 5.75 Å². The number of thiophene rings is 1. The molecule has 0 saturated carbocycles. The van der Waals surface area contributed by atoms with Gasteiger partial charge in [0.25, 0.3) is 11.8 Å². The lowest BCUT2D eigenvalue weighted by Gasteiger charge is -2.12. The average molecular weight is 496 g/mol. The smallest absolute Gasteiger partial charge is 0.257 e. The Morgan fingerprint density at radius 3 is 2.76 bits per heavy atom. The van der Waals surface area contributed by atoms with Crippen LogP contribution in [0.4, 0.5) is 5.00 Å². The third-order valence-corrected chi connectivity index (χ3v) is 6.56. The zero-order chi connectivity index (χ0) is 21.0. The number of hydrogen-bond donors (Lipinski definition) is 3. The van der Waals surface area contributed by atoms with Gasteiger partial charge in [0.1, 0.15) is 10.8 Å². The van der Waals surface area contributed by atoms with Crippen LogP contribution in [-0.4, -0.2) is 23.5 Å². The molecule has 29 heavy (non-hydrogen) atoms. The number of benzene rings is 1. The number of halogens is 1. The van der Waals surface area contributed by atoms with Crippen molar-refractivity contribution in [2.24, 2.45) is 5.73 Å². The van der Waals surface area contributed by atoms with Gasteiger partial charge in [-0.15, -0.1) is 11.3 Å². The Balaban J connectivity index is 1.70. The molecule has 1 heterocycles. The molecule has 1 aromatic heterocycles. The zero-order valence-corrected chi connectivity index (χ0v) is 19.2. The van der Waals surface area contributed by atoms with Crippen molar-refractivity contribution in [2.75, 3.05) is 11.9 Å². The van der Waals surface area contributed by atoms with E-state index in [9.17, 15) is 9.59 Å². The fraction of sp³-hybridized carbons (Fsp3) is 0.350. The Bertz CT molecular complexity index is 959. The molecule has 1 aliphatic rings. The SMILES string of the molecule is CCCOc1ccc(C(=O)NC(=S)Nc2sc3c(c2C(N)=O)CCCC3)cc1Br. The normalized spacial score (nSPS) is 12.8. The Morgan fingerprint density at radius 2 is 2.07 bits per heavy atom. The molecule has 0 fully saturated rings. The third kappa shape index (κ3) is 5.15. The highest BCUT2D eigenvalue weighted by molar-refractivity contribution is 9.10. The van der Waals surface area contributed by atoms with Crippen molar-refractivity contribution in [1.82, 2.24) is 5.32 Å². The molecule has 0 bridgehead atoms. The summed E-state index contributed by atoms with van der Waals surface area (Å²) in [5.41, 5.74) is 7.53. The second kappa shape index (κ2) is 9.69. The molecule has 3 rings (SSSR count). The van der Waals surface area contributed by atoms with Gasteiger partial charge < -0.3 is 15.8 Å². The molecule has 0 unspecified atom stereocenters. The summed E-state index contributed by atoms with van der Waals surface area (Å²) in [6.45, 7) is 2.63. The molecule has 154 valence electrons. The number of nitrogens with one attached hydrogen (secondary N) is 2. The van der Waals surface area contributed by atoms with Crippen LogP contribution in [0.3, 0.4) is 0 Å². The summed E-state index contributed by atoms with van der Waals surface area (Å²) in [5, 5.41) is 6.36. The molecular weight excluding hydrogens is 474 g/mol. The summed E-state index contributed by atoms with van der Waals surface area (Å²) in [5.74, 6) is -0.154. The van der Waals surface area contributed by atoms with E-state index in [0.717, 1.165) is 42.5 Å². The van der Waals surface area contributed by atoms with E-state index in [1.165, 1.54) is 11.3 Å². The Hall–Kier alpha value is -1.97. The van der Waals surface area contributed by atoms with Crippen LogP contribution in [0, 0.1) is 0 Å². The number of rotatable bonds is 6. The molecule has 0 atom stereocenters. The predicted octanol–water partition coefficient (Wildman–Crippen LogP) is 4.40. The van der Waals surface area contributed by atoms with Crippen LogP contribution in [0.25, 0.3) is 0 Å². The molecule has 1 aliphatic carbocycles. The molecule has 0 saturated heterocycles. The number of ether oxygens (including phenoxy) is 1. The van der Waals surface area contributed by atoms with E-state index >= 15 is 0 Å². The maximum Gasteiger partial charge on any atom is 0.257 e. The topological polar surface area (TPSA) is 93.4 Å². The van der Waals surface area contributed by atoms with E-state index < -0.39 is 5.91 Å². The molecule has 9 heteroatoms. The second-order valence-electron chi connectivity index (χ2n) is 6.68. The molecule has 2 amide bonds. The standard InChI is InChI=1S/C20H22BrN3O3S2/c1-2-9-27-14-8-7-11(10-13(14)21)18(26)23-20(28)24-19-16(17(22)25)12-5-3-4-6-15(12)29-19/h7-8,10H,2-6,9H2,1H3,(H2,22,25)(H2,23,24,26,28). The van der Waals surface area contributed by atoms with Crippen LogP contribution >= 0.6 is 39.5 Å². The summed E-state index contributed by atoms with van der Waals surface area (Å²) < 4.78 is 6.29. The largest absolute Gasteiger partial charge is 0.492 e. The van der Waals surface area contributed by atoms with Crippen LogP contribution in [0.2, 0.25) is 0 Å². The summed E-state index contributed by atoms with van der Waals surface area (Å²) in [6.07, 6.45) is 4.80. The Morgan fingerprint density at radius 1 is 1.31 bits per heavy atom. The number of aryl methyl sites for hydroxylation is 1. The lowest BCUT2D eigenvalue weighted by molar-refractivity contribution is 0.0975. The van der Waals surface area contributed by atoms with E-state index in [0.29, 0.717) is 33.0 Å². The molecule has 2 aromatic rings. The van der Waals surface area contributed by atoms with Crippen molar-refractivity contribution in [3.05, 3.63) is 44.2 Å². The van der Waals surface area contributed by atoms with Gasteiger partial charge >= 0.3 is 0 Å². The van der Waals surface area contributed by atoms with E-state index in [1.54, 1.807) is 18.2 Å². The number of primary amides is 1. The van der Waals surface area contributed by atoms with E-state index in [4.69, 9.17) is 22.7 Å². The summed E-state index contributed by atoms with van der Waals surface area (Å²) in [4.78, 5) is 25.7. The fourth-order valence-electron chi connectivity index (χ4n) is 3.20. The monoisotopic (exact) mass is 495 g/mol. The third-order valence-electron chi connectivity index (χ3n) is 4.53. The van der Waals surface area contributed by atoms with Crippen molar-refractivity contribution < 1.29 is 14.3 Å². The van der Waals surface area contributed by atoms with Crippen molar-refractivity contribution in [2.45, 2.75) is 39.0 Å². The summed E-state index contributed by atoms with van der Waals surface area (Å²) in [7, 11) is 0. The summed E-state index contributed by atoms with van der Waals surface area (Å²) in [6, 6.07) is 5.09. The summed E-state index contributed by atoms with van der Waals surface area (Å²) >= 11 is 10.2. The van der Waals surface area contributed by atoms with Crippen LogP contribution < -0.4 is 21.1 Å². The van der Waals surface area contributed by atoms with Crippen molar-refractivity contribution >= 4 is 61.4 Å². The highest BCUT2D eigenvalue weighted by Gasteiger charge is 2.24. The molecule has 4 N–H and O–H groups in total. The molecule has 6 nitrogen and oxygen atoms in total. The number of anilines is 1. The highest BCUT2D eigenvalue weighted by Crippen LogP contribution is 2.37. The van der Waals surface area contributed by atoms with Gasteiger partial charge in [0.2, 0.25) is 0 Å². The second-order valence-corrected chi connectivity index (χ2v) is 9.05. The first kappa shape index (κ1) is 21.7. The average Bonchev–Trinajstić information content (AvgIpc) is 3.04. The number of hydrogen-bond acceptors (Lipinski definition) is 5. The number of carbonyl (C=O) groups is 2. The zero-order valence-electron chi connectivity index (χ0n) is 16.0. The molecule has 0 radical (unpaired) electrons. The van der Waals surface area contributed by atoms with Gasteiger partial charge in [-0.1, -0.05) is 6.92 Å². The maximum absolute atomic E-state index is 12.5. The Labute approximate surface area is 187 Å². The van der Waals surface area contributed by atoms with Gasteiger partial charge in [-0.3, -0.25) is 14.9 Å². The number of carbonyl (C=O) groups excluding carboxylic acids is 2. The lowest BCUT2D eigenvalue weighted by atomic mass is 9.95. The fourth-order valence-corrected chi connectivity index (χ4v) is 5.25. The van der Waals surface area contributed by atoms with Gasteiger partial charge in [-0.2, -0.15) is 0 Å². The van der Waals surface area contributed by atoms with E-state index in [1.807, 2.05) is 6.92 Å². The van der Waals surface area contributed by atoms with Crippen molar-refractivity contribution in [1.29, 1.82) is 0 Å². The maximum atomic E-state index is 12.5. The van der Waals surface area contributed by atoms with Crippen LogP contribution in [0.5, 0.6) is 5.75 Å². The highest BCUT2D eigenvalue weighted by atomic mass is 79.9. The van der Waals surface area contributed by atoms with E-state index in [-0.39, 0.29) is 11.0 Å². The van der Waals surface area contributed by atoms with Crippen LogP contribution in [0.15, 0.2) is 22.7 Å². The molecule has 0 aliphatic heterocycles. The minimum absolute atomic E-state index is 0.124. The van der Waals surface area contributed by atoms with Crippen LogP contribution in [0.1, 0.15) is 57.3 Å². The van der Waals surface area contributed by atoms with Gasteiger partial charge in [-0.25, -0.2) is 0 Å². The van der Waals surface area contributed by atoms with Gasteiger partial charge in [-0.05, 0) is 84.0 Å². The van der Waals surface area contributed by atoms with Gasteiger partial charge in [0.15, 0.2) is 5.11 Å². The number of thiocarbonyl (C=S) groups is 1. The van der Waals surface area contributed by atoms with E-state index in [2.05, 4.69) is 26.6 Å².